The number of aromatic nitrogens is 2. The number of hydrogen-bond donors (Lipinski definition) is 1. The fourth-order valence-electron chi connectivity index (χ4n) is 2.65. The van der Waals surface area contributed by atoms with E-state index in [1.165, 1.54) is 48.5 Å². The molecule has 4 rings (SSSR count). The lowest BCUT2D eigenvalue weighted by molar-refractivity contribution is 0.431. The minimum absolute atomic E-state index is 0.00981. The summed E-state index contributed by atoms with van der Waals surface area (Å²) in [6.07, 6.45) is 0. The molecule has 0 fully saturated rings. The minimum atomic E-state index is -4.02. The third-order valence-corrected chi connectivity index (χ3v) is 5.47. The van der Waals surface area contributed by atoms with Gasteiger partial charge in [0.25, 0.3) is 15.9 Å². The van der Waals surface area contributed by atoms with Gasteiger partial charge in [0.15, 0.2) is 0 Å². The first-order chi connectivity index (χ1) is 13.9. The molecule has 1 aromatic heterocycles. The topological polar surface area (TPSA) is 85.1 Å². The number of nitrogens with zero attached hydrogens (tertiary/aromatic N) is 2. The summed E-state index contributed by atoms with van der Waals surface area (Å²) in [6.45, 7) is 0. The van der Waals surface area contributed by atoms with E-state index < -0.39 is 21.7 Å². The van der Waals surface area contributed by atoms with Gasteiger partial charge in [0.05, 0.1) is 5.56 Å². The van der Waals surface area contributed by atoms with Crippen molar-refractivity contribution in [3.63, 3.8) is 0 Å². The van der Waals surface area contributed by atoms with Crippen LogP contribution in [0.1, 0.15) is 0 Å². The molecule has 0 atom stereocenters. The van der Waals surface area contributed by atoms with Crippen LogP contribution < -0.4 is 4.72 Å². The standard InChI is InChI=1S/C20H13F2N3O3S/c21-14-7-5-13(6-8-14)19-23-20(28-24-19)17-3-1-2-4-18(17)29(26,27)25-16-11-9-15(22)10-12-16/h1-12,25H. The van der Waals surface area contributed by atoms with Crippen molar-refractivity contribution >= 4 is 15.7 Å². The third-order valence-electron chi connectivity index (χ3n) is 4.03. The highest BCUT2D eigenvalue weighted by Crippen LogP contribution is 2.29. The Morgan fingerprint density at radius 3 is 2.14 bits per heavy atom. The molecule has 0 aliphatic rings. The van der Waals surface area contributed by atoms with Gasteiger partial charge < -0.3 is 4.52 Å². The Labute approximate surface area is 164 Å². The zero-order chi connectivity index (χ0) is 20.4. The molecule has 0 saturated carbocycles. The van der Waals surface area contributed by atoms with Crippen LogP contribution in [-0.2, 0) is 10.0 Å². The summed E-state index contributed by atoms with van der Waals surface area (Å²) in [5, 5.41) is 3.84. The summed E-state index contributed by atoms with van der Waals surface area (Å²) in [4.78, 5) is 4.15. The number of benzene rings is 3. The van der Waals surface area contributed by atoms with Gasteiger partial charge in [-0.25, -0.2) is 17.2 Å². The first kappa shape index (κ1) is 18.8. The molecule has 1 N–H and O–H groups in total. The highest BCUT2D eigenvalue weighted by Gasteiger charge is 2.23. The number of sulfonamides is 1. The van der Waals surface area contributed by atoms with Crippen LogP contribution in [0.5, 0.6) is 0 Å². The molecule has 0 aliphatic carbocycles. The van der Waals surface area contributed by atoms with E-state index in [0.717, 1.165) is 12.1 Å². The van der Waals surface area contributed by atoms with Gasteiger partial charge in [-0.15, -0.1) is 0 Å². The predicted octanol–water partition coefficient (Wildman–Crippen LogP) is 4.48. The molecule has 29 heavy (non-hydrogen) atoms. The van der Waals surface area contributed by atoms with Gasteiger partial charge in [0.1, 0.15) is 16.5 Å². The van der Waals surface area contributed by atoms with Crippen LogP contribution in [-0.4, -0.2) is 18.6 Å². The van der Waals surface area contributed by atoms with Crippen LogP contribution in [0.25, 0.3) is 22.8 Å². The van der Waals surface area contributed by atoms with Gasteiger partial charge in [-0.2, -0.15) is 4.98 Å². The second-order valence-corrected chi connectivity index (χ2v) is 7.69. The Morgan fingerprint density at radius 1 is 0.828 bits per heavy atom. The van der Waals surface area contributed by atoms with E-state index in [1.54, 1.807) is 12.1 Å². The quantitative estimate of drug-likeness (QED) is 0.521. The normalized spacial score (nSPS) is 11.4. The molecule has 0 bridgehead atoms. The van der Waals surface area contributed by atoms with Crippen LogP contribution in [0.3, 0.4) is 0 Å². The Hall–Kier alpha value is -3.59. The Morgan fingerprint density at radius 2 is 1.45 bits per heavy atom. The maximum Gasteiger partial charge on any atom is 0.262 e. The van der Waals surface area contributed by atoms with Crippen LogP contribution in [0.4, 0.5) is 14.5 Å². The molecule has 6 nitrogen and oxygen atoms in total. The Bertz CT molecular complexity index is 1250. The van der Waals surface area contributed by atoms with Gasteiger partial charge in [0, 0.05) is 11.3 Å². The lowest BCUT2D eigenvalue weighted by Gasteiger charge is -2.10. The van der Waals surface area contributed by atoms with Crippen molar-refractivity contribution in [1.82, 2.24) is 10.1 Å². The number of nitrogens with one attached hydrogen (secondary N) is 1. The Balaban J connectivity index is 1.70. The fraction of sp³-hybridized carbons (Fsp3) is 0. The van der Waals surface area contributed by atoms with Crippen molar-refractivity contribution < 1.29 is 21.7 Å². The van der Waals surface area contributed by atoms with E-state index in [1.807, 2.05) is 0 Å². The summed E-state index contributed by atoms with van der Waals surface area (Å²) in [7, 11) is -4.02. The van der Waals surface area contributed by atoms with Crippen LogP contribution in [0.15, 0.2) is 82.2 Å². The first-order valence-corrected chi connectivity index (χ1v) is 9.88. The molecule has 0 aliphatic heterocycles. The molecule has 146 valence electrons. The highest BCUT2D eigenvalue weighted by molar-refractivity contribution is 7.92. The number of hydrogen-bond acceptors (Lipinski definition) is 5. The van der Waals surface area contributed by atoms with E-state index >= 15 is 0 Å². The molecule has 0 saturated heterocycles. The number of anilines is 1. The van der Waals surface area contributed by atoms with E-state index in [-0.39, 0.29) is 27.9 Å². The molecular weight excluding hydrogens is 400 g/mol. The molecular formula is C20H13F2N3O3S. The molecule has 4 aromatic rings. The second kappa shape index (κ2) is 7.44. The van der Waals surface area contributed by atoms with Gasteiger partial charge in [-0.1, -0.05) is 17.3 Å². The lowest BCUT2D eigenvalue weighted by Crippen LogP contribution is -2.14. The highest BCUT2D eigenvalue weighted by atomic mass is 32.2. The summed E-state index contributed by atoms with van der Waals surface area (Å²) < 4.78 is 59.5. The average molecular weight is 413 g/mol. The first-order valence-electron chi connectivity index (χ1n) is 8.40. The summed E-state index contributed by atoms with van der Waals surface area (Å²) in [5.41, 5.74) is 0.924. The predicted molar refractivity (Wildman–Crippen MR) is 102 cm³/mol. The maximum atomic E-state index is 13.1. The maximum absolute atomic E-state index is 13.1. The van der Waals surface area contributed by atoms with Crippen molar-refractivity contribution in [3.05, 3.63) is 84.4 Å². The van der Waals surface area contributed by atoms with Crippen molar-refractivity contribution in [2.75, 3.05) is 4.72 Å². The van der Waals surface area contributed by atoms with Gasteiger partial charge in [0.2, 0.25) is 5.82 Å². The Kier molecular flexibility index (Phi) is 4.81. The minimum Gasteiger partial charge on any atom is -0.334 e. The molecule has 1 heterocycles. The second-order valence-electron chi connectivity index (χ2n) is 6.04. The largest absolute Gasteiger partial charge is 0.334 e. The van der Waals surface area contributed by atoms with Crippen molar-refractivity contribution in [2.45, 2.75) is 4.90 Å². The van der Waals surface area contributed by atoms with E-state index in [2.05, 4.69) is 14.9 Å². The van der Waals surface area contributed by atoms with E-state index in [9.17, 15) is 17.2 Å². The molecule has 3 aromatic carbocycles. The summed E-state index contributed by atoms with van der Waals surface area (Å²) in [6, 6.07) is 16.5. The van der Waals surface area contributed by atoms with Crippen LogP contribution in [0, 0.1) is 11.6 Å². The van der Waals surface area contributed by atoms with E-state index in [4.69, 9.17) is 4.52 Å². The average Bonchev–Trinajstić information content (AvgIpc) is 3.20. The smallest absolute Gasteiger partial charge is 0.262 e. The van der Waals surface area contributed by atoms with Crippen molar-refractivity contribution in [1.29, 1.82) is 0 Å². The fourth-order valence-corrected chi connectivity index (χ4v) is 3.91. The zero-order valence-corrected chi connectivity index (χ0v) is 15.5. The molecule has 0 unspecified atom stereocenters. The molecule has 9 heteroatoms. The third kappa shape index (κ3) is 3.99. The summed E-state index contributed by atoms with van der Waals surface area (Å²) >= 11 is 0. The lowest BCUT2D eigenvalue weighted by atomic mass is 10.2. The van der Waals surface area contributed by atoms with Crippen LogP contribution in [0.2, 0.25) is 0 Å². The van der Waals surface area contributed by atoms with Crippen molar-refractivity contribution in [3.8, 4) is 22.8 Å². The number of halogens is 2. The molecule has 0 radical (unpaired) electrons. The molecule has 0 amide bonds. The summed E-state index contributed by atoms with van der Waals surface area (Å²) in [5.74, 6) is -0.698. The SMILES string of the molecule is O=S(=O)(Nc1ccc(F)cc1)c1ccccc1-c1nc(-c2ccc(F)cc2)no1. The number of rotatable bonds is 5. The van der Waals surface area contributed by atoms with Crippen molar-refractivity contribution in [2.24, 2.45) is 0 Å². The van der Waals surface area contributed by atoms with Gasteiger partial charge in [-0.3, -0.25) is 4.72 Å². The van der Waals surface area contributed by atoms with Gasteiger partial charge in [-0.05, 0) is 60.7 Å². The van der Waals surface area contributed by atoms with Gasteiger partial charge >= 0.3 is 0 Å². The van der Waals surface area contributed by atoms with E-state index in [0.29, 0.717) is 5.56 Å². The molecule has 0 spiro atoms. The van der Waals surface area contributed by atoms with Crippen LogP contribution >= 0.6 is 0 Å². The monoisotopic (exact) mass is 413 g/mol. The zero-order valence-electron chi connectivity index (χ0n) is 14.7.